The zero-order chi connectivity index (χ0) is 30.2. The highest BCUT2D eigenvalue weighted by Gasteiger charge is 2.24. The van der Waals surface area contributed by atoms with E-state index in [0.29, 0.717) is 24.6 Å². The SMILES string of the molecule is Cc1cc(C)cc([N+]2=Cc3cccc(C)c3OC2)c1.Cc1cccc2c1OC[N+](c1cc(C)c(S(=O)(=O)O)c(C)c1)=C2. The van der Waals surface area contributed by atoms with Gasteiger partial charge in [-0.3, -0.25) is 4.55 Å². The molecular weight excluding hydrogens is 548 g/mol. The summed E-state index contributed by atoms with van der Waals surface area (Å²) < 4.78 is 48.1. The highest BCUT2D eigenvalue weighted by atomic mass is 32.2. The number of ether oxygens (including phenoxy) is 2. The van der Waals surface area contributed by atoms with Crippen LogP contribution in [0.1, 0.15) is 44.5 Å². The van der Waals surface area contributed by atoms with Crippen LogP contribution in [0.4, 0.5) is 11.4 Å². The largest absolute Gasteiger partial charge is 0.435 e. The van der Waals surface area contributed by atoms with Crippen LogP contribution >= 0.6 is 0 Å². The van der Waals surface area contributed by atoms with E-state index in [4.69, 9.17) is 9.47 Å². The molecule has 0 spiro atoms. The van der Waals surface area contributed by atoms with E-state index in [2.05, 4.69) is 68.0 Å². The van der Waals surface area contributed by atoms with Crippen molar-refractivity contribution in [1.82, 2.24) is 0 Å². The van der Waals surface area contributed by atoms with Crippen LogP contribution in [0.15, 0.2) is 71.6 Å². The van der Waals surface area contributed by atoms with E-state index in [1.807, 2.05) is 35.9 Å². The zero-order valence-electron chi connectivity index (χ0n) is 24.8. The Morgan fingerprint density at radius 1 is 0.619 bits per heavy atom. The standard InChI is InChI=1S/C17H17NO4S.C17H18NO/c1-11-5-4-6-14-9-18(10-22-16(11)14)15-7-12(2)17(13(3)8-15)23(19,20)21;1-12-7-13(2)9-16(8-12)18-10-15-6-4-5-14(3)17(15)19-11-18/h4-9H,10H2,1-3H3;4-10H,11H2,1-3H3/q;+1/p+1. The van der Waals surface area contributed by atoms with Crippen molar-refractivity contribution in [3.05, 3.63) is 111 Å². The molecule has 1 N–H and O–H groups in total. The van der Waals surface area contributed by atoms with Gasteiger partial charge < -0.3 is 9.47 Å². The molecule has 6 rings (SSSR count). The van der Waals surface area contributed by atoms with Gasteiger partial charge in [-0.2, -0.15) is 17.6 Å². The van der Waals surface area contributed by atoms with Gasteiger partial charge in [0.25, 0.3) is 23.6 Å². The van der Waals surface area contributed by atoms with E-state index in [9.17, 15) is 13.0 Å². The maximum absolute atomic E-state index is 11.5. The number of fused-ring (bicyclic) bond motifs is 2. The smallest absolute Gasteiger partial charge is 0.295 e. The van der Waals surface area contributed by atoms with Gasteiger partial charge in [-0.15, -0.1) is 0 Å². The second kappa shape index (κ2) is 11.5. The first-order valence-corrected chi connectivity index (χ1v) is 15.2. The average molecular weight is 585 g/mol. The second-order valence-electron chi connectivity index (χ2n) is 11.0. The summed E-state index contributed by atoms with van der Waals surface area (Å²) >= 11 is 0. The van der Waals surface area contributed by atoms with Crippen molar-refractivity contribution in [3.8, 4) is 11.5 Å². The van der Waals surface area contributed by atoms with Crippen molar-refractivity contribution in [2.75, 3.05) is 13.5 Å². The molecule has 2 aliphatic rings. The van der Waals surface area contributed by atoms with Crippen LogP contribution in [0.3, 0.4) is 0 Å². The Morgan fingerprint density at radius 2 is 1.05 bits per heavy atom. The third-order valence-corrected chi connectivity index (χ3v) is 8.50. The van der Waals surface area contributed by atoms with Gasteiger partial charge in [0.2, 0.25) is 11.4 Å². The van der Waals surface area contributed by atoms with Gasteiger partial charge in [0.05, 0.1) is 11.1 Å². The molecule has 2 heterocycles. The van der Waals surface area contributed by atoms with Gasteiger partial charge in [-0.1, -0.05) is 30.3 Å². The van der Waals surface area contributed by atoms with Crippen LogP contribution in [-0.2, 0) is 10.1 Å². The topological polar surface area (TPSA) is 78.8 Å². The predicted octanol–water partition coefficient (Wildman–Crippen LogP) is 6.70. The van der Waals surface area contributed by atoms with Gasteiger partial charge in [-0.05, 0) is 87.1 Å². The fourth-order valence-electron chi connectivity index (χ4n) is 5.54. The molecule has 0 radical (unpaired) electrons. The van der Waals surface area contributed by atoms with Crippen molar-refractivity contribution < 1.29 is 31.6 Å². The lowest BCUT2D eigenvalue weighted by atomic mass is 10.1. The fraction of sp³-hybridized carbons (Fsp3) is 0.235. The molecule has 0 atom stereocenters. The molecule has 4 aromatic carbocycles. The molecule has 0 fully saturated rings. The molecule has 0 unspecified atom stereocenters. The van der Waals surface area contributed by atoms with Gasteiger partial charge in [-0.25, -0.2) is 0 Å². The molecule has 216 valence electrons. The maximum Gasteiger partial charge on any atom is 0.295 e. The zero-order valence-corrected chi connectivity index (χ0v) is 25.6. The Morgan fingerprint density at radius 3 is 1.48 bits per heavy atom. The van der Waals surface area contributed by atoms with Crippen molar-refractivity contribution >= 4 is 33.9 Å². The summed E-state index contributed by atoms with van der Waals surface area (Å²) in [6, 6.07) is 22.2. The number of aryl methyl sites for hydroxylation is 6. The lowest BCUT2D eigenvalue weighted by molar-refractivity contribution is -0.476. The molecular formula is C34H36N2O5S+2. The summed E-state index contributed by atoms with van der Waals surface area (Å²) in [7, 11) is -4.23. The number of nitrogens with zero attached hydrogens (tertiary/aromatic N) is 2. The summed E-state index contributed by atoms with van der Waals surface area (Å²) in [6.07, 6.45) is 4.15. The molecule has 8 heteroatoms. The summed E-state index contributed by atoms with van der Waals surface area (Å²) in [4.78, 5) is -0.0320. The molecule has 0 aromatic heterocycles. The third kappa shape index (κ3) is 6.15. The highest BCUT2D eigenvalue weighted by Crippen LogP contribution is 2.30. The van der Waals surface area contributed by atoms with Crippen molar-refractivity contribution in [1.29, 1.82) is 0 Å². The van der Waals surface area contributed by atoms with E-state index in [1.165, 1.54) is 22.4 Å². The number of rotatable bonds is 3. The van der Waals surface area contributed by atoms with Crippen molar-refractivity contribution in [2.45, 2.75) is 46.4 Å². The summed E-state index contributed by atoms with van der Waals surface area (Å²) in [6.45, 7) is 12.6. The first kappa shape index (κ1) is 29.2. The van der Waals surface area contributed by atoms with Gasteiger partial charge in [0, 0.05) is 24.3 Å². The lowest BCUT2D eigenvalue weighted by Crippen LogP contribution is -2.21. The van der Waals surface area contributed by atoms with E-state index in [-0.39, 0.29) is 4.90 Å². The fourth-order valence-corrected chi connectivity index (χ4v) is 6.47. The summed E-state index contributed by atoms with van der Waals surface area (Å²) in [5.41, 5.74) is 9.95. The first-order chi connectivity index (χ1) is 19.9. The lowest BCUT2D eigenvalue weighted by Gasteiger charge is -2.16. The van der Waals surface area contributed by atoms with Crippen LogP contribution in [0.2, 0.25) is 0 Å². The summed E-state index contributed by atoms with van der Waals surface area (Å²) in [5.74, 6) is 1.87. The Labute approximate surface area is 247 Å². The van der Waals surface area contributed by atoms with E-state index >= 15 is 0 Å². The molecule has 0 bridgehead atoms. The van der Waals surface area contributed by atoms with Gasteiger partial charge in [0.1, 0.15) is 16.4 Å². The molecule has 7 nitrogen and oxygen atoms in total. The molecule has 0 saturated carbocycles. The molecule has 4 aromatic rings. The molecule has 0 saturated heterocycles. The molecule has 0 aliphatic carbocycles. The number of hydrogen-bond donors (Lipinski definition) is 1. The maximum atomic E-state index is 11.5. The normalized spacial score (nSPS) is 13.8. The van der Waals surface area contributed by atoms with Gasteiger partial charge >= 0.3 is 0 Å². The minimum atomic E-state index is -4.23. The van der Waals surface area contributed by atoms with Crippen LogP contribution in [0, 0.1) is 41.5 Å². The van der Waals surface area contributed by atoms with E-state index in [1.54, 1.807) is 26.0 Å². The number of hydrogen-bond acceptors (Lipinski definition) is 4. The molecule has 2 aliphatic heterocycles. The van der Waals surface area contributed by atoms with Crippen LogP contribution in [0.5, 0.6) is 11.5 Å². The Kier molecular flexibility index (Phi) is 8.03. The first-order valence-electron chi connectivity index (χ1n) is 13.8. The minimum absolute atomic E-state index is 0.0320. The Balaban J connectivity index is 0.000000171. The van der Waals surface area contributed by atoms with Crippen LogP contribution in [0.25, 0.3) is 0 Å². The van der Waals surface area contributed by atoms with Gasteiger partial charge in [0.15, 0.2) is 12.4 Å². The average Bonchev–Trinajstić information content (AvgIpc) is 2.91. The van der Waals surface area contributed by atoms with E-state index in [0.717, 1.165) is 33.9 Å². The molecule has 0 amide bonds. The van der Waals surface area contributed by atoms with Crippen molar-refractivity contribution in [2.24, 2.45) is 0 Å². The van der Waals surface area contributed by atoms with Crippen LogP contribution < -0.4 is 9.47 Å². The third-order valence-electron chi connectivity index (χ3n) is 7.34. The molecule has 42 heavy (non-hydrogen) atoms. The van der Waals surface area contributed by atoms with Crippen molar-refractivity contribution in [3.63, 3.8) is 0 Å². The van der Waals surface area contributed by atoms with E-state index < -0.39 is 10.1 Å². The Bertz CT molecular complexity index is 1830. The second-order valence-corrected chi connectivity index (χ2v) is 12.3. The monoisotopic (exact) mass is 584 g/mol. The Hall–Kier alpha value is -4.27. The quantitative estimate of drug-likeness (QED) is 0.214. The number of benzene rings is 4. The summed E-state index contributed by atoms with van der Waals surface area (Å²) in [5, 5.41) is 0. The number of para-hydroxylation sites is 2. The van der Waals surface area contributed by atoms with Crippen LogP contribution in [-0.4, -0.2) is 48.0 Å². The minimum Gasteiger partial charge on any atom is -0.435 e. The highest BCUT2D eigenvalue weighted by molar-refractivity contribution is 7.86. The predicted molar refractivity (Wildman–Crippen MR) is 165 cm³/mol.